The van der Waals surface area contributed by atoms with Gasteiger partial charge in [0.2, 0.25) is 0 Å². The van der Waals surface area contributed by atoms with Crippen molar-refractivity contribution in [3.63, 3.8) is 0 Å². The minimum Gasteiger partial charge on any atom is -0.462 e. The predicted molar refractivity (Wildman–Crippen MR) is 348 cm³/mol. The number of ether oxygens (including phenoxy) is 3. The van der Waals surface area contributed by atoms with Gasteiger partial charge in [0, 0.05) is 19.3 Å². The van der Waals surface area contributed by atoms with Gasteiger partial charge < -0.3 is 14.2 Å². The molecular formula is C74H130O6. The van der Waals surface area contributed by atoms with E-state index in [-0.39, 0.29) is 31.1 Å². The molecule has 0 aliphatic heterocycles. The molecule has 0 fully saturated rings. The van der Waals surface area contributed by atoms with Gasteiger partial charge in [-0.1, -0.05) is 337 Å². The van der Waals surface area contributed by atoms with Gasteiger partial charge in [-0.3, -0.25) is 14.4 Å². The molecule has 0 heterocycles. The molecule has 0 spiro atoms. The van der Waals surface area contributed by atoms with E-state index >= 15 is 0 Å². The number of carbonyl (C=O) groups excluding carboxylic acids is 3. The molecule has 0 bridgehead atoms. The first kappa shape index (κ1) is 76.6. The summed E-state index contributed by atoms with van der Waals surface area (Å²) in [5.74, 6) is -0.860. The number of carbonyl (C=O) groups is 3. The third-order valence-electron chi connectivity index (χ3n) is 15.2. The summed E-state index contributed by atoms with van der Waals surface area (Å²) in [5, 5.41) is 0. The van der Waals surface area contributed by atoms with Crippen LogP contribution in [0, 0.1) is 0 Å². The van der Waals surface area contributed by atoms with Gasteiger partial charge in [0.25, 0.3) is 0 Å². The maximum atomic E-state index is 12.9. The van der Waals surface area contributed by atoms with Crippen LogP contribution in [-0.4, -0.2) is 37.2 Å². The van der Waals surface area contributed by atoms with Crippen LogP contribution in [0.4, 0.5) is 0 Å². The quantitative estimate of drug-likeness (QED) is 0.0261. The van der Waals surface area contributed by atoms with E-state index in [1.54, 1.807) is 0 Å². The minimum absolute atomic E-state index is 0.0725. The highest BCUT2D eigenvalue weighted by atomic mass is 16.6. The molecule has 6 heteroatoms. The van der Waals surface area contributed by atoms with E-state index < -0.39 is 6.10 Å². The Kier molecular flexibility index (Phi) is 65.2. The fraction of sp³-hybridized carbons (Fsp3) is 0.770. The summed E-state index contributed by atoms with van der Waals surface area (Å²) in [6.45, 7) is 6.56. The Morgan fingerprint density at radius 3 is 0.762 bits per heavy atom. The molecule has 462 valence electrons. The van der Waals surface area contributed by atoms with Gasteiger partial charge in [-0.15, -0.1) is 0 Å². The SMILES string of the molecule is CC/C=C\C/C=C\C/C=C\C/C=C\C/C=C\C/C=C\C/C=C\CCCCCCCCCCCC(=O)OCC(COC(=O)CCCCCCCCCCCCC)OC(=O)CCCCCCCCCCCCCCCCCCCCCC. The first-order valence-electron chi connectivity index (χ1n) is 34.6. The smallest absolute Gasteiger partial charge is 0.306 e. The maximum Gasteiger partial charge on any atom is 0.306 e. The standard InChI is InChI=1S/C74H130O6/c1-4-7-10-13-16-19-22-24-26-28-30-32-33-34-35-36-37-38-39-40-41-42-44-45-47-49-52-55-58-61-64-67-73(76)79-70-71(69-78-72(75)66-63-60-57-54-51-21-18-15-12-9-6-3)80-74(77)68-65-62-59-56-53-50-48-46-43-31-29-27-25-23-20-17-14-11-8-5-2/h7,10,16,19,24,26,30,32,34-35,37-38,40-41,71H,4-6,8-9,11-15,17-18,20-23,25,27-29,31,33,36,39,42-70H2,1-3H3/b10-7-,19-16-,26-24-,32-30-,35-34-,38-37-,41-40-. The molecule has 80 heavy (non-hydrogen) atoms. The Morgan fingerprint density at radius 2 is 0.487 bits per heavy atom. The van der Waals surface area contributed by atoms with E-state index in [0.717, 1.165) is 109 Å². The minimum atomic E-state index is -0.776. The second-order valence-corrected chi connectivity index (χ2v) is 23.1. The van der Waals surface area contributed by atoms with Crippen LogP contribution in [0.1, 0.15) is 348 Å². The van der Waals surface area contributed by atoms with E-state index in [1.165, 1.54) is 199 Å². The van der Waals surface area contributed by atoms with Gasteiger partial charge in [0.05, 0.1) is 0 Å². The number of hydrogen-bond donors (Lipinski definition) is 0. The summed E-state index contributed by atoms with van der Waals surface area (Å²) >= 11 is 0. The van der Waals surface area contributed by atoms with Crippen LogP contribution in [0.25, 0.3) is 0 Å². The number of esters is 3. The van der Waals surface area contributed by atoms with Crippen molar-refractivity contribution in [2.75, 3.05) is 13.2 Å². The molecule has 0 aliphatic carbocycles. The zero-order valence-corrected chi connectivity index (χ0v) is 53.1. The van der Waals surface area contributed by atoms with E-state index in [1.807, 2.05) is 0 Å². The van der Waals surface area contributed by atoms with E-state index in [0.29, 0.717) is 19.3 Å². The molecule has 0 saturated carbocycles. The molecule has 0 aliphatic rings. The fourth-order valence-corrected chi connectivity index (χ4v) is 10.0. The molecule has 1 unspecified atom stereocenters. The molecule has 0 rings (SSSR count). The Morgan fingerprint density at radius 1 is 0.263 bits per heavy atom. The van der Waals surface area contributed by atoms with Crippen LogP contribution in [0.15, 0.2) is 85.1 Å². The zero-order chi connectivity index (χ0) is 57.8. The highest BCUT2D eigenvalue weighted by Crippen LogP contribution is 2.18. The van der Waals surface area contributed by atoms with Gasteiger partial charge in [-0.05, 0) is 77.0 Å². The fourth-order valence-electron chi connectivity index (χ4n) is 10.0. The normalized spacial score (nSPS) is 12.6. The second-order valence-electron chi connectivity index (χ2n) is 23.1. The number of unbranched alkanes of at least 4 members (excludes halogenated alkanes) is 38. The largest absolute Gasteiger partial charge is 0.462 e. The average molecular weight is 1120 g/mol. The first-order chi connectivity index (χ1) is 39.5. The second kappa shape index (κ2) is 68.1. The summed E-state index contributed by atoms with van der Waals surface area (Å²) < 4.78 is 17.0. The highest BCUT2D eigenvalue weighted by molar-refractivity contribution is 5.71. The van der Waals surface area contributed by atoms with Crippen LogP contribution in [0.5, 0.6) is 0 Å². The van der Waals surface area contributed by atoms with Gasteiger partial charge in [-0.25, -0.2) is 0 Å². The Balaban J connectivity index is 4.22. The lowest BCUT2D eigenvalue weighted by Crippen LogP contribution is -2.30. The lowest BCUT2D eigenvalue weighted by atomic mass is 10.0. The van der Waals surface area contributed by atoms with Crippen LogP contribution in [-0.2, 0) is 28.6 Å². The number of allylic oxidation sites excluding steroid dienone is 14. The van der Waals surface area contributed by atoms with E-state index in [4.69, 9.17) is 14.2 Å². The van der Waals surface area contributed by atoms with Crippen molar-refractivity contribution >= 4 is 17.9 Å². The molecule has 0 aromatic rings. The third-order valence-corrected chi connectivity index (χ3v) is 15.2. The van der Waals surface area contributed by atoms with E-state index in [9.17, 15) is 14.4 Å². The first-order valence-corrected chi connectivity index (χ1v) is 34.6. The van der Waals surface area contributed by atoms with Crippen molar-refractivity contribution in [2.45, 2.75) is 354 Å². The van der Waals surface area contributed by atoms with E-state index in [2.05, 4.69) is 106 Å². The highest BCUT2D eigenvalue weighted by Gasteiger charge is 2.19. The van der Waals surface area contributed by atoms with Crippen molar-refractivity contribution in [1.82, 2.24) is 0 Å². The Labute approximate surface area is 496 Å². The van der Waals surface area contributed by atoms with Crippen molar-refractivity contribution in [3.8, 4) is 0 Å². The van der Waals surface area contributed by atoms with Gasteiger partial charge in [0.1, 0.15) is 13.2 Å². The average Bonchev–Trinajstić information content (AvgIpc) is 3.46. The molecular weight excluding hydrogens is 985 g/mol. The van der Waals surface area contributed by atoms with Crippen LogP contribution >= 0.6 is 0 Å². The molecule has 0 N–H and O–H groups in total. The Hall–Kier alpha value is -3.41. The maximum absolute atomic E-state index is 12.9. The summed E-state index contributed by atoms with van der Waals surface area (Å²) in [4.78, 5) is 38.3. The van der Waals surface area contributed by atoms with Gasteiger partial charge in [0.15, 0.2) is 6.10 Å². The van der Waals surface area contributed by atoms with Crippen molar-refractivity contribution in [3.05, 3.63) is 85.1 Å². The lowest BCUT2D eigenvalue weighted by molar-refractivity contribution is -0.167. The van der Waals surface area contributed by atoms with Crippen LogP contribution in [0.2, 0.25) is 0 Å². The Bertz CT molecular complexity index is 1520. The lowest BCUT2D eigenvalue weighted by Gasteiger charge is -2.18. The monoisotopic (exact) mass is 1110 g/mol. The number of rotatable bonds is 63. The third kappa shape index (κ3) is 65.4. The van der Waals surface area contributed by atoms with Crippen molar-refractivity contribution in [2.24, 2.45) is 0 Å². The summed E-state index contributed by atoms with van der Waals surface area (Å²) in [7, 11) is 0. The van der Waals surface area contributed by atoms with Crippen LogP contribution < -0.4 is 0 Å². The van der Waals surface area contributed by atoms with Crippen molar-refractivity contribution in [1.29, 1.82) is 0 Å². The van der Waals surface area contributed by atoms with Crippen molar-refractivity contribution < 1.29 is 28.6 Å². The summed E-state index contributed by atoms with van der Waals surface area (Å²) in [5.41, 5.74) is 0. The summed E-state index contributed by atoms with van der Waals surface area (Å²) in [6.07, 6.45) is 90.3. The van der Waals surface area contributed by atoms with Gasteiger partial charge >= 0.3 is 17.9 Å². The molecule has 1 atom stereocenters. The predicted octanol–water partition coefficient (Wildman–Crippen LogP) is 23.8. The zero-order valence-electron chi connectivity index (χ0n) is 53.1. The summed E-state index contributed by atoms with van der Waals surface area (Å²) in [6, 6.07) is 0. The molecule has 0 saturated heterocycles. The van der Waals surface area contributed by atoms with Gasteiger partial charge in [-0.2, -0.15) is 0 Å². The molecule has 0 radical (unpaired) electrons. The molecule has 6 nitrogen and oxygen atoms in total. The topological polar surface area (TPSA) is 78.9 Å². The molecule has 0 amide bonds. The number of hydrogen-bond acceptors (Lipinski definition) is 6. The molecule has 0 aromatic heterocycles. The van der Waals surface area contributed by atoms with Crippen LogP contribution in [0.3, 0.4) is 0 Å². The molecule has 0 aromatic carbocycles.